The highest BCUT2D eigenvalue weighted by Crippen LogP contribution is 2.39. The molecular formula is C14H20N2O2. The van der Waals surface area contributed by atoms with Crippen LogP contribution in [0.4, 0.5) is 10.5 Å². The highest BCUT2D eigenvalue weighted by Gasteiger charge is 2.42. The SMILES string of the molecule is Cc1ccccc1NC(=O)NC(C)(CO)C1CC1. The fourth-order valence-corrected chi connectivity index (χ4v) is 2.12. The second-order valence-corrected chi connectivity index (χ2v) is 5.24. The number of benzene rings is 1. The monoisotopic (exact) mass is 248 g/mol. The molecule has 1 atom stereocenters. The van der Waals surface area contributed by atoms with Gasteiger partial charge in [-0.3, -0.25) is 0 Å². The summed E-state index contributed by atoms with van der Waals surface area (Å²) in [5.41, 5.74) is 1.31. The van der Waals surface area contributed by atoms with Crippen molar-refractivity contribution in [1.29, 1.82) is 0 Å². The van der Waals surface area contributed by atoms with Gasteiger partial charge in [-0.2, -0.15) is 0 Å². The number of anilines is 1. The van der Waals surface area contributed by atoms with Crippen LogP contribution in [0.15, 0.2) is 24.3 Å². The van der Waals surface area contributed by atoms with Crippen LogP contribution in [0, 0.1) is 12.8 Å². The van der Waals surface area contributed by atoms with Crippen LogP contribution in [0.2, 0.25) is 0 Å². The van der Waals surface area contributed by atoms with Gasteiger partial charge in [-0.05, 0) is 44.2 Å². The number of nitrogens with one attached hydrogen (secondary N) is 2. The summed E-state index contributed by atoms with van der Waals surface area (Å²) < 4.78 is 0. The molecule has 1 saturated carbocycles. The zero-order valence-electron chi connectivity index (χ0n) is 10.9. The summed E-state index contributed by atoms with van der Waals surface area (Å²) >= 11 is 0. The molecule has 0 radical (unpaired) electrons. The summed E-state index contributed by atoms with van der Waals surface area (Å²) in [6, 6.07) is 7.37. The maximum atomic E-state index is 11.9. The van der Waals surface area contributed by atoms with Gasteiger partial charge in [0.2, 0.25) is 0 Å². The largest absolute Gasteiger partial charge is 0.394 e. The van der Waals surface area contributed by atoms with E-state index in [1.54, 1.807) is 0 Å². The van der Waals surface area contributed by atoms with Gasteiger partial charge in [0.1, 0.15) is 0 Å². The van der Waals surface area contributed by atoms with Crippen LogP contribution in [0.3, 0.4) is 0 Å². The van der Waals surface area contributed by atoms with Crippen molar-refractivity contribution in [1.82, 2.24) is 5.32 Å². The Morgan fingerprint density at radius 3 is 2.67 bits per heavy atom. The number of para-hydroxylation sites is 1. The lowest BCUT2D eigenvalue weighted by atomic mass is 9.97. The van der Waals surface area contributed by atoms with Crippen molar-refractivity contribution >= 4 is 11.7 Å². The van der Waals surface area contributed by atoms with E-state index in [0.29, 0.717) is 5.92 Å². The quantitative estimate of drug-likeness (QED) is 0.765. The third-order valence-corrected chi connectivity index (χ3v) is 3.60. The minimum Gasteiger partial charge on any atom is -0.394 e. The van der Waals surface area contributed by atoms with E-state index in [2.05, 4.69) is 10.6 Å². The third-order valence-electron chi connectivity index (χ3n) is 3.60. The van der Waals surface area contributed by atoms with Crippen LogP contribution in [0.25, 0.3) is 0 Å². The first-order chi connectivity index (χ1) is 8.55. The molecule has 0 aromatic heterocycles. The molecule has 0 heterocycles. The van der Waals surface area contributed by atoms with Crippen LogP contribution in [-0.2, 0) is 0 Å². The molecule has 18 heavy (non-hydrogen) atoms. The predicted molar refractivity (Wildman–Crippen MR) is 71.5 cm³/mol. The summed E-state index contributed by atoms with van der Waals surface area (Å²) in [4.78, 5) is 11.9. The minimum absolute atomic E-state index is 0.0289. The van der Waals surface area contributed by atoms with Gasteiger partial charge < -0.3 is 15.7 Å². The first-order valence-electron chi connectivity index (χ1n) is 6.31. The molecule has 2 rings (SSSR count). The number of rotatable bonds is 4. The average molecular weight is 248 g/mol. The number of aryl methyl sites for hydroxylation is 1. The first-order valence-corrected chi connectivity index (χ1v) is 6.31. The molecule has 0 saturated heterocycles. The van der Waals surface area contributed by atoms with E-state index in [1.807, 2.05) is 38.1 Å². The molecule has 98 valence electrons. The van der Waals surface area contributed by atoms with Crippen LogP contribution >= 0.6 is 0 Å². The molecule has 0 aliphatic heterocycles. The Morgan fingerprint density at radius 2 is 2.11 bits per heavy atom. The van der Waals surface area contributed by atoms with E-state index in [9.17, 15) is 9.90 Å². The van der Waals surface area contributed by atoms with Crippen molar-refractivity contribution in [3.05, 3.63) is 29.8 Å². The number of hydrogen-bond donors (Lipinski definition) is 3. The number of aliphatic hydroxyl groups is 1. The Bertz CT molecular complexity index is 443. The first kappa shape index (κ1) is 12.9. The zero-order valence-corrected chi connectivity index (χ0v) is 10.9. The van der Waals surface area contributed by atoms with Crippen molar-refractivity contribution in [3.63, 3.8) is 0 Å². The molecule has 1 fully saturated rings. The molecule has 1 aromatic rings. The third kappa shape index (κ3) is 2.82. The van der Waals surface area contributed by atoms with Crippen LogP contribution < -0.4 is 10.6 Å². The average Bonchev–Trinajstić information content (AvgIpc) is 3.16. The topological polar surface area (TPSA) is 61.4 Å². The molecule has 1 unspecified atom stereocenters. The second-order valence-electron chi connectivity index (χ2n) is 5.24. The highest BCUT2D eigenvalue weighted by atomic mass is 16.3. The number of carbonyl (C=O) groups is 1. The Balaban J connectivity index is 1.98. The van der Waals surface area contributed by atoms with Gasteiger partial charge in [0.15, 0.2) is 0 Å². The lowest BCUT2D eigenvalue weighted by molar-refractivity contribution is 0.159. The Kier molecular flexibility index (Phi) is 3.57. The Hall–Kier alpha value is -1.55. The van der Waals surface area contributed by atoms with Crippen molar-refractivity contribution in [2.24, 2.45) is 5.92 Å². The molecule has 0 bridgehead atoms. The zero-order chi connectivity index (χ0) is 13.2. The Morgan fingerprint density at radius 1 is 1.44 bits per heavy atom. The van der Waals surface area contributed by atoms with Gasteiger partial charge in [0, 0.05) is 5.69 Å². The second kappa shape index (κ2) is 4.98. The summed E-state index contributed by atoms with van der Waals surface area (Å²) in [6.07, 6.45) is 2.14. The standard InChI is InChI=1S/C14H20N2O2/c1-10-5-3-4-6-12(10)15-13(18)16-14(2,9-17)11-7-8-11/h3-6,11,17H,7-9H2,1-2H3,(H2,15,16,18). The number of amides is 2. The van der Waals surface area contributed by atoms with Crippen molar-refractivity contribution in [2.75, 3.05) is 11.9 Å². The summed E-state index contributed by atoms with van der Waals surface area (Å²) in [5, 5.41) is 15.1. The lowest BCUT2D eigenvalue weighted by Gasteiger charge is -2.28. The molecule has 2 amide bonds. The Labute approximate surface area is 107 Å². The molecule has 3 N–H and O–H groups in total. The number of urea groups is 1. The van der Waals surface area contributed by atoms with Crippen LogP contribution in [0.5, 0.6) is 0 Å². The molecule has 4 nitrogen and oxygen atoms in total. The molecular weight excluding hydrogens is 228 g/mol. The van der Waals surface area contributed by atoms with Gasteiger partial charge in [0.25, 0.3) is 0 Å². The predicted octanol–water partition coefficient (Wildman–Crippen LogP) is 2.28. The molecule has 4 heteroatoms. The van der Waals surface area contributed by atoms with E-state index in [1.165, 1.54) is 0 Å². The van der Waals surface area contributed by atoms with Crippen molar-refractivity contribution in [3.8, 4) is 0 Å². The fourth-order valence-electron chi connectivity index (χ4n) is 2.12. The van der Waals surface area contributed by atoms with E-state index in [4.69, 9.17) is 0 Å². The van der Waals surface area contributed by atoms with E-state index in [-0.39, 0.29) is 12.6 Å². The molecule has 0 spiro atoms. The van der Waals surface area contributed by atoms with Gasteiger partial charge in [-0.1, -0.05) is 18.2 Å². The van der Waals surface area contributed by atoms with Gasteiger partial charge >= 0.3 is 6.03 Å². The molecule has 1 aliphatic rings. The van der Waals surface area contributed by atoms with Gasteiger partial charge in [0.05, 0.1) is 12.1 Å². The fraction of sp³-hybridized carbons (Fsp3) is 0.500. The summed E-state index contributed by atoms with van der Waals surface area (Å²) in [5.74, 6) is 0.394. The maximum Gasteiger partial charge on any atom is 0.319 e. The van der Waals surface area contributed by atoms with Gasteiger partial charge in [-0.25, -0.2) is 4.79 Å². The maximum absolute atomic E-state index is 11.9. The van der Waals surface area contributed by atoms with E-state index in [0.717, 1.165) is 24.1 Å². The number of carbonyl (C=O) groups excluding carboxylic acids is 1. The van der Waals surface area contributed by atoms with Gasteiger partial charge in [-0.15, -0.1) is 0 Å². The summed E-state index contributed by atoms with van der Waals surface area (Å²) in [6.45, 7) is 3.81. The van der Waals surface area contributed by atoms with Crippen LogP contribution in [-0.4, -0.2) is 23.3 Å². The van der Waals surface area contributed by atoms with Crippen molar-refractivity contribution < 1.29 is 9.90 Å². The number of aliphatic hydroxyl groups excluding tert-OH is 1. The van der Waals surface area contributed by atoms with E-state index >= 15 is 0 Å². The number of hydrogen-bond acceptors (Lipinski definition) is 2. The minimum atomic E-state index is -0.507. The molecule has 1 aromatic carbocycles. The normalized spacial score (nSPS) is 17.9. The smallest absolute Gasteiger partial charge is 0.319 e. The molecule has 1 aliphatic carbocycles. The van der Waals surface area contributed by atoms with Crippen LogP contribution in [0.1, 0.15) is 25.3 Å². The van der Waals surface area contributed by atoms with Crippen molar-refractivity contribution in [2.45, 2.75) is 32.2 Å². The summed E-state index contributed by atoms with van der Waals surface area (Å²) in [7, 11) is 0. The lowest BCUT2D eigenvalue weighted by Crippen LogP contribution is -2.52. The van der Waals surface area contributed by atoms with E-state index < -0.39 is 5.54 Å². The highest BCUT2D eigenvalue weighted by molar-refractivity contribution is 5.90.